The van der Waals surface area contributed by atoms with Crippen molar-refractivity contribution in [3.05, 3.63) is 60.7 Å². The highest BCUT2D eigenvalue weighted by Gasteiger charge is 2.37. The molecular weight excluding hydrogens is 270 g/mol. The molecule has 0 fully saturated rings. The van der Waals surface area contributed by atoms with Crippen LogP contribution in [0.4, 0.5) is 11.4 Å². The van der Waals surface area contributed by atoms with E-state index in [0.717, 1.165) is 0 Å². The predicted molar refractivity (Wildman–Crippen MR) is 95.2 cm³/mol. The number of benzene rings is 3. The van der Waals surface area contributed by atoms with E-state index in [-0.39, 0.29) is 0 Å². The van der Waals surface area contributed by atoms with E-state index in [1.165, 1.54) is 27.3 Å². The third-order valence-electron chi connectivity index (χ3n) is 4.85. The molecule has 3 aromatic carbocycles. The van der Waals surface area contributed by atoms with Crippen molar-refractivity contribution >= 4 is 40.6 Å². The molecule has 0 aliphatic carbocycles. The summed E-state index contributed by atoms with van der Waals surface area (Å²) >= 11 is 0. The Balaban J connectivity index is 2.13. The Morgan fingerprint density at radius 3 is 2.33 bits per heavy atom. The lowest BCUT2D eigenvalue weighted by Gasteiger charge is -2.39. The molecule has 0 amide bonds. The van der Waals surface area contributed by atoms with Gasteiger partial charge in [-0.3, -0.25) is 0 Å². The van der Waals surface area contributed by atoms with Gasteiger partial charge in [0.1, 0.15) is 8.07 Å². The molecule has 1 nitrogen and oxygen atoms in total. The number of fused-ring (bicyclic) bond motifs is 4. The summed E-state index contributed by atoms with van der Waals surface area (Å²) < 4.78 is 0. The maximum absolute atomic E-state index is 2.46. The molecule has 0 N–H and O–H groups in total. The lowest BCUT2D eigenvalue weighted by Crippen LogP contribution is -2.58. The van der Waals surface area contributed by atoms with Crippen LogP contribution < -0.4 is 15.3 Å². The van der Waals surface area contributed by atoms with Gasteiger partial charge in [0.25, 0.3) is 0 Å². The van der Waals surface area contributed by atoms with Gasteiger partial charge in [0.05, 0.1) is 0 Å². The molecule has 0 saturated heterocycles. The van der Waals surface area contributed by atoms with Crippen molar-refractivity contribution in [1.29, 1.82) is 0 Å². The Labute approximate surface area is 126 Å². The van der Waals surface area contributed by atoms with Crippen molar-refractivity contribution in [1.82, 2.24) is 0 Å². The minimum Gasteiger partial charge on any atom is -0.344 e. The van der Waals surface area contributed by atoms with E-state index in [2.05, 4.69) is 85.7 Å². The number of hydrogen-bond acceptors (Lipinski definition) is 1. The number of nitrogens with zero attached hydrogens (tertiary/aromatic N) is 1. The zero-order valence-corrected chi connectivity index (χ0v) is 13.7. The topological polar surface area (TPSA) is 3.24 Å². The molecule has 1 aliphatic heterocycles. The fraction of sp³-hybridized carbons (Fsp3) is 0.158. The van der Waals surface area contributed by atoms with Crippen molar-refractivity contribution in [2.24, 2.45) is 0 Å². The Morgan fingerprint density at radius 2 is 1.48 bits per heavy atom. The zero-order valence-electron chi connectivity index (χ0n) is 12.7. The van der Waals surface area contributed by atoms with Crippen molar-refractivity contribution in [3.8, 4) is 0 Å². The maximum atomic E-state index is 2.46. The van der Waals surface area contributed by atoms with Gasteiger partial charge in [-0.15, -0.1) is 0 Å². The molecule has 0 radical (unpaired) electrons. The first-order valence-corrected chi connectivity index (χ1v) is 10.5. The van der Waals surface area contributed by atoms with Crippen LogP contribution in [0, 0.1) is 0 Å². The van der Waals surface area contributed by atoms with Crippen LogP contribution in [0.3, 0.4) is 0 Å². The summed E-state index contributed by atoms with van der Waals surface area (Å²) in [6, 6.07) is 22.3. The molecule has 0 bridgehead atoms. The van der Waals surface area contributed by atoms with E-state index in [4.69, 9.17) is 0 Å². The number of rotatable bonds is 0. The van der Waals surface area contributed by atoms with E-state index < -0.39 is 8.07 Å². The first-order chi connectivity index (χ1) is 10.1. The summed E-state index contributed by atoms with van der Waals surface area (Å²) in [6.45, 7) is 4.93. The lowest BCUT2D eigenvalue weighted by molar-refractivity contribution is 1.22. The van der Waals surface area contributed by atoms with Crippen molar-refractivity contribution in [2.75, 3.05) is 11.9 Å². The summed E-state index contributed by atoms with van der Waals surface area (Å²) in [6.07, 6.45) is 0. The van der Waals surface area contributed by atoms with Gasteiger partial charge >= 0.3 is 0 Å². The Morgan fingerprint density at radius 1 is 0.762 bits per heavy atom. The normalized spacial score (nSPS) is 15.7. The SMILES string of the molecule is CN1c2ccccc2[Si](C)(C)c2ccc3ccccc3c21. The average molecular weight is 289 g/mol. The molecule has 1 heterocycles. The van der Waals surface area contributed by atoms with Crippen LogP contribution in [0.2, 0.25) is 13.1 Å². The molecule has 0 atom stereocenters. The minimum absolute atomic E-state index is 1.33. The van der Waals surface area contributed by atoms with Crippen molar-refractivity contribution in [2.45, 2.75) is 13.1 Å². The molecule has 1 aliphatic rings. The smallest absolute Gasteiger partial charge is 0.117 e. The van der Waals surface area contributed by atoms with Gasteiger partial charge in [0, 0.05) is 23.8 Å². The van der Waals surface area contributed by atoms with Crippen LogP contribution in [0.5, 0.6) is 0 Å². The average Bonchev–Trinajstić information content (AvgIpc) is 2.52. The quantitative estimate of drug-likeness (QED) is 0.570. The van der Waals surface area contributed by atoms with E-state index in [0.29, 0.717) is 0 Å². The fourth-order valence-electron chi connectivity index (χ4n) is 3.68. The predicted octanol–water partition coefficient (Wildman–Crippen LogP) is 3.74. The van der Waals surface area contributed by atoms with Gasteiger partial charge in [-0.25, -0.2) is 0 Å². The number of para-hydroxylation sites is 1. The van der Waals surface area contributed by atoms with Crippen molar-refractivity contribution < 1.29 is 0 Å². The van der Waals surface area contributed by atoms with Crippen LogP contribution in [0.25, 0.3) is 10.8 Å². The Bertz CT molecular complexity index is 851. The third-order valence-corrected chi connectivity index (χ3v) is 8.37. The Hall–Kier alpha value is -2.06. The summed E-state index contributed by atoms with van der Waals surface area (Å²) in [5, 5.41) is 5.78. The van der Waals surface area contributed by atoms with Gasteiger partial charge in [-0.2, -0.15) is 0 Å². The summed E-state index contributed by atoms with van der Waals surface area (Å²) in [5.41, 5.74) is 2.78. The van der Waals surface area contributed by atoms with Crippen LogP contribution >= 0.6 is 0 Å². The fourth-order valence-corrected chi connectivity index (χ4v) is 6.77. The molecule has 21 heavy (non-hydrogen) atoms. The second-order valence-corrected chi connectivity index (χ2v) is 10.7. The highest BCUT2D eigenvalue weighted by molar-refractivity contribution is 7.02. The van der Waals surface area contributed by atoms with Crippen LogP contribution in [-0.4, -0.2) is 15.1 Å². The highest BCUT2D eigenvalue weighted by Crippen LogP contribution is 2.35. The second kappa shape index (κ2) is 4.22. The first kappa shape index (κ1) is 12.7. The Kier molecular flexibility index (Phi) is 2.54. The molecule has 0 saturated carbocycles. The molecule has 2 heteroatoms. The van der Waals surface area contributed by atoms with Gasteiger partial charge < -0.3 is 4.90 Å². The van der Waals surface area contributed by atoms with E-state index in [1.54, 1.807) is 5.19 Å². The lowest BCUT2D eigenvalue weighted by atomic mass is 10.1. The highest BCUT2D eigenvalue weighted by atomic mass is 28.3. The van der Waals surface area contributed by atoms with Crippen LogP contribution in [0.15, 0.2) is 60.7 Å². The molecule has 3 aromatic rings. The molecule has 0 spiro atoms. The van der Waals surface area contributed by atoms with Gasteiger partial charge in [-0.05, 0) is 21.8 Å². The maximum Gasteiger partial charge on any atom is 0.117 e. The second-order valence-electron chi connectivity index (χ2n) is 6.38. The summed E-state index contributed by atoms with van der Waals surface area (Å²) in [5.74, 6) is 0. The van der Waals surface area contributed by atoms with Gasteiger partial charge in [-0.1, -0.05) is 67.7 Å². The van der Waals surface area contributed by atoms with E-state index in [9.17, 15) is 0 Å². The minimum atomic E-state index is -1.63. The van der Waals surface area contributed by atoms with E-state index >= 15 is 0 Å². The number of anilines is 2. The molecular formula is C19H19NSi. The largest absolute Gasteiger partial charge is 0.344 e. The van der Waals surface area contributed by atoms with Gasteiger partial charge in [0.2, 0.25) is 0 Å². The van der Waals surface area contributed by atoms with E-state index in [1.807, 2.05) is 0 Å². The van der Waals surface area contributed by atoms with Gasteiger partial charge in [0.15, 0.2) is 0 Å². The van der Waals surface area contributed by atoms with Crippen LogP contribution in [-0.2, 0) is 0 Å². The zero-order chi connectivity index (χ0) is 14.6. The third kappa shape index (κ3) is 1.63. The van der Waals surface area contributed by atoms with Crippen LogP contribution in [0.1, 0.15) is 0 Å². The molecule has 0 unspecified atom stereocenters. The monoisotopic (exact) mass is 289 g/mol. The first-order valence-electron chi connectivity index (χ1n) is 7.46. The van der Waals surface area contributed by atoms with Crippen molar-refractivity contribution in [3.63, 3.8) is 0 Å². The number of hydrogen-bond donors (Lipinski definition) is 0. The standard InChI is InChI=1S/C19H19NSi/c1-20-16-10-6-7-11-17(16)21(2,3)18-13-12-14-8-4-5-9-15(14)19(18)20/h4-13H,1-3H3. The summed E-state index contributed by atoms with van der Waals surface area (Å²) in [4.78, 5) is 2.38. The molecule has 104 valence electrons. The summed E-state index contributed by atoms with van der Waals surface area (Å²) in [7, 11) is 0.570. The molecule has 4 rings (SSSR count). The molecule has 0 aromatic heterocycles.